The molecule has 3 nitrogen and oxygen atoms in total. The summed E-state index contributed by atoms with van der Waals surface area (Å²) in [5, 5.41) is 0.466. The Morgan fingerprint density at radius 3 is 2.16 bits per heavy atom. The predicted molar refractivity (Wildman–Crippen MR) is 117 cm³/mol. The van der Waals surface area contributed by atoms with Gasteiger partial charge in [0.25, 0.3) is 5.91 Å². The van der Waals surface area contributed by atoms with Crippen molar-refractivity contribution in [2.24, 2.45) is 0 Å². The van der Waals surface area contributed by atoms with E-state index in [1.165, 1.54) is 11.8 Å². The van der Waals surface area contributed by atoms with Gasteiger partial charge in [0.1, 0.15) is 11.4 Å². The van der Waals surface area contributed by atoms with Crippen LogP contribution in [-0.4, -0.2) is 28.5 Å². The number of hydrogen-bond donors (Lipinski definition) is 0. The Morgan fingerprint density at radius 2 is 1.65 bits per heavy atom. The zero-order valence-corrected chi connectivity index (χ0v) is 18.6. The average Bonchev–Trinajstić information content (AvgIpc) is 3.00. The monoisotopic (exact) mass is 448 g/mol. The van der Waals surface area contributed by atoms with E-state index in [1.807, 2.05) is 13.8 Å². The second-order valence-electron chi connectivity index (χ2n) is 7.78. The van der Waals surface area contributed by atoms with Crippen LogP contribution in [0.3, 0.4) is 0 Å². The zero-order valence-electron chi connectivity index (χ0n) is 17.8. The maximum Gasteiger partial charge on any atom is 0.431 e. The number of halogens is 4. The number of rotatable bonds is 5. The number of benzene rings is 2. The van der Waals surface area contributed by atoms with E-state index in [2.05, 4.69) is 0 Å². The largest absolute Gasteiger partial charge is 0.431 e. The van der Waals surface area contributed by atoms with Gasteiger partial charge in [-0.1, -0.05) is 54.1 Å². The predicted octanol–water partition coefficient (Wildman–Crippen LogP) is 6.66. The highest BCUT2D eigenvalue weighted by Gasteiger charge is 2.41. The van der Waals surface area contributed by atoms with Gasteiger partial charge in [0, 0.05) is 30.2 Å². The first-order chi connectivity index (χ1) is 14.5. The van der Waals surface area contributed by atoms with E-state index in [4.69, 9.17) is 11.6 Å². The van der Waals surface area contributed by atoms with Gasteiger partial charge < -0.3 is 9.47 Å². The molecule has 2 aromatic carbocycles. The molecular weight excluding hydrogens is 425 g/mol. The standard InChI is InChI=1S/C24H24ClF3N2O/c1-15(2)29(4)23(31)21-20(18-10-12-19(25)13-11-18)16(3)22(24(26,27)28)30(21)14-17-8-6-5-7-9-17/h5-13,15H,14H2,1-4H3. The molecule has 164 valence electrons. The lowest BCUT2D eigenvalue weighted by atomic mass is 10.00. The second-order valence-corrected chi connectivity index (χ2v) is 8.22. The van der Waals surface area contributed by atoms with Crippen molar-refractivity contribution in [2.75, 3.05) is 7.05 Å². The fourth-order valence-corrected chi connectivity index (χ4v) is 3.75. The number of aromatic nitrogens is 1. The molecule has 0 aliphatic heterocycles. The number of amides is 1. The topological polar surface area (TPSA) is 25.2 Å². The van der Waals surface area contributed by atoms with Crippen LogP contribution in [0.5, 0.6) is 0 Å². The molecule has 0 aliphatic rings. The summed E-state index contributed by atoms with van der Waals surface area (Å²) in [6, 6.07) is 15.1. The Labute approximate surface area is 185 Å². The first-order valence-corrected chi connectivity index (χ1v) is 10.3. The SMILES string of the molecule is Cc1c(-c2ccc(Cl)cc2)c(C(=O)N(C)C(C)C)n(Cc2ccccc2)c1C(F)(F)F. The fraction of sp³-hybridized carbons (Fsp3) is 0.292. The first-order valence-electron chi connectivity index (χ1n) is 9.89. The molecular formula is C24H24ClF3N2O. The minimum atomic E-state index is -4.63. The van der Waals surface area contributed by atoms with Crippen LogP contribution in [0.25, 0.3) is 11.1 Å². The minimum Gasteiger partial charge on any atom is -0.338 e. The Bertz CT molecular complexity index is 1070. The summed E-state index contributed by atoms with van der Waals surface area (Å²) in [5.41, 5.74) is 0.685. The highest BCUT2D eigenvalue weighted by molar-refractivity contribution is 6.30. The minimum absolute atomic E-state index is 0.0197. The van der Waals surface area contributed by atoms with Crippen molar-refractivity contribution in [3.8, 4) is 11.1 Å². The molecule has 0 saturated heterocycles. The third-order valence-electron chi connectivity index (χ3n) is 5.39. The van der Waals surface area contributed by atoms with Crippen LogP contribution in [-0.2, 0) is 12.7 Å². The molecule has 0 spiro atoms. The van der Waals surface area contributed by atoms with Crippen LogP contribution in [0.4, 0.5) is 13.2 Å². The van der Waals surface area contributed by atoms with E-state index in [1.54, 1.807) is 61.6 Å². The molecule has 0 atom stereocenters. The summed E-state index contributed by atoms with van der Waals surface area (Å²) < 4.78 is 43.8. The Balaban J connectivity index is 2.36. The van der Waals surface area contributed by atoms with Crippen molar-refractivity contribution in [3.63, 3.8) is 0 Å². The van der Waals surface area contributed by atoms with Crippen LogP contribution < -0.4 is 0 Å². The Hall–Kier alpha value is -2.73. The number of nitrogens with zero attached hydrogens (tertiary/aromatic N) is 2. The second kappa shape index (κ2) is 8.79. The van der Waals surface area contributed by atoms with E-state index in [9.17, 15) is 18.0 Å². The van der Waals surface area contributed by atoms with Gasteiger partial charge in [0.2, 0.25) is 0 Å². The molecule has 31 heavy (non-hydrogen) atoms. The summed E-state index contributed by atoms with van der Waals surface area (Å²) in [6.45, 7) is 4.99. The molecule has 1 aromatic heterocycles. The summed E-state index contributed by atoms with van der Waals surface area (Å²) in [6.07, 6.45) is -4.63. The molecule has 1 heterocycles. The van der Waals surface area contributed by atoms with E-state index < -0.39 is 17.8 Å². The maximum absolute atomic E-state index is 14.2. The molecule has 0 fully saturated rings. The molecule has 7 heteroatoms. The Kier molecular flexibility index (Phi) is 6.51. The summed E-state index contributed by atoms with van der Waals surface area (Å²) in [4.78, 5) is 14.9. The summed E-state index contributed by atoms with van der Waals surface area (Å²) >= 11 is 5.99. The molecule has 0 N–H and O–H groups in total. The number of carbonyl (C=O) groups is 1. The van der Waals surface area contributed by atoms with E-state index in [0.29, 0.717) is 16.1 Å². The Morgan fingerprint density at radius 1 is 1.06 bits per heavy atom. The van der Waals surface area contributed by atoms with E-state index in [-0.39, 0.29) is 29.4 Å². The lowest BCUT2D eigenvalue weighted by molar-refractivity contribution is -0.143. The average molecular weight is 449 g/mol. The van der Waals surface area contributed by atoms with Gasteiger partial charge in [0.05, 0.1) is 0 Å². The molecule has 0 unspecified atom stereocenters. The molecule has 0 radical (unpaired) electrons. The number of carbonyl (C=O) groups excluding carboxylic acids is 1. The van der Waals surface area contributed by atoms with Gasteiger partial charge >= 0.3 is 6.18 Å². The lowest BCUT2D eigenvalue weighted by Gasteiger charge is -2.24. The molecule has 0 bridgehead atoms. The van der Waals surface area contributed by atoms with Crippen LogP contribution in [0.2, 0.25) is 5.02 Å². The van der Waals surface area contributed by atoms with Gasteiger partial charge in [-0.15, -0.1) is 0 Å². The van der Waals surface area contributed by atoms with E-state index in [0.717, 1.165) is 4.57 Å². The highest BCUT2D eigenvalue weighted by atomic mass is 35.5. The molecule has 0 saturated carbocycles. The third-order valence-corrected chi connectivity index (χ3v) is 5.64. The summed E-state index contributed by atoms with van der Waals surface area (Å²) in [7, 11) is 1.60. The number of alkyl halides is 3. The summed E-state index contributed by atoms with van der Waals surface area (Å²) in [5.74, 6) is -0.463. The van der Waals surface area contributed by atoms with E-state index >= 15 is 0 Å². The van der Waals surface area contributed by atoms with Gasteiger partial charge in [-0.3, -0.25) is 4.79 Å². The normalized spacial score (nSPS) is 11.8. The first kappa shape index (κ1) is 22.9. The smallest absolute Gasteiger partial charge is 0.338 e. The van der Waals surface area contributed by atoms with Crippen molar-refractivity contribution in [1.29, 1.82) is 0 Å². The van der Waals surface area contributed by atoms with Crippen molar-refractivity contribution in [2.45, 2.75) is 39.5 Å². The molecule has 0 aliphatic carbocycles. The van der Waals surface area contributed by atoms with Crippen LogP contribution >= 0.6 is 11.6 Å². The van der Waals surface area contributed by atoms with Crippen LogP contribution in [0.1, 0.15) is 41.2 Å². The lowest BCUT2D eigenvalue weighted by Crippen LogP contribution is -2.35. The fourth-order valence-electron chi connectivity index (χ4n) is 3.63. The van der Waals surface area contributed by atoms with Crippen molar-refractivity contribution >= 4 is 17.5 Å². The third kappa shape index (κ3) is 4.64. The van der Waals surface area contributed by atoms with Gasteiger partial charge in [0.15, 0.2) is 0 Å². The molecule has 3 aromatic rings. The number of hydrogen-bond acceptors (Lipinski definition) is 1. The van der Waals surface area contributed by atoms with Crippen molar-refractivity contribution in [3.05, 3.63) is 82.1 Å². The molecule has 3 rings (SSSR count). The van der Waals surface area contributed by atoms with Crippen LogP contribution in [0.15, 0.2) is 54.6 Å². The van der Waals surface area contributed by atoms with Crippen molar-refractivity contribution < 1.29 is 18.0 Å². The zero-order chi connectivity index (χ0) is 22.9. The quantitative estimate of drug-likeness (QED) is 0.428. The highest BCUT2D eigenvalue weighted by Crippen LogP contribution is 2.42. The van der Waals surface area contributed by atoms with Crippen LogP contribution in [0, 0.1) is 6.92 Å². The van der Waals surface area contributed by atoms with Crippen molar-refractivity contribution in [1.82, 2.24) is 9.47 Å². The molecule has 1 amide bonds. The van der Waals surface area contributed by atoms with Gasteiger partial charge in [-0.25, -0.2) is 0 Å². The van der Waals surface area contributed by atoms with Gasteiger partial charge in [-0.2, -0.15) is 13.2 Å². The maximum atomic E-state index is 14.2. The van der Waals surface area contributed by atoms with Gasteiger partial charge in [-0.05, 0) is 49.6 Å².